The fourth-order valence-electron chi connectivity index (χ4n) is 2.89. The number of hydrogen-bond acceptors (Lipinski definition) is 4. The number of rotatable bonds is 8. The highest BCUT2D eigenvalue weighted by atomic mass is 16.5. The van der Waals surface area contributed by atoms with Gasteiger partial charge in [0.1, 0.15) is 11.5 Å². The normalized spacial score (nSPS) is 10.6. The van der Waals surface area contributed by atoms with E-state index in [1.54, 1.807) is 48.6 Å². The second kappa shape index (κ2) is 9.78. The molecular formula is C24H28N2O4. The zero-order chi connectivity index (χ0) is 22.4. The van der Waals surface area contributed by atoms with Crippen molar-refractivity contribution in [2.45, 2.75) is 39.9 Å². The Balaban J connectivity index is 2.60. The van der Waals surface area contributed by atoms with E-state index in [2.05, 4.69) is 13.2 Å². The van der Waals surface area contributed by atoms with Gasteiger partial charge in [0.05, 0.1) is 23.6 Å². The zero-order valence-electron chi connectivity index (χ0n) is 17.8. The van der Waals surface area contributed by atoms with Crippen LogP contribution in [-0.2, 0) is 9.59 Å². The van der Waals surface area contributed by atoms with Gasteiger partial charge < -0.3 is 15.2 Å². The van der Waals surface area contributed by atoms with Gasteiger partial charge in [-0.05, 0) is 64.1 Å². The van der Waals surface area contributed by atoms with Crippen LogP contribution in [0.25, 0.3) is 12.2 Å². The highest BCUT2D eigenvalue weighted by Gasteiger charge is 2.24. The fourth-order valence-corrected chi connectivity index (χ4v) is 2.89. The van der Waals surface area contributed by atoms with Crippen molar-refractivity contribution in [3.05, 3.63) is 60.7 Å². The third kappa shape index (κ3) is 5.29. The summed E-state index contributed by atoms with van der Waals surface area (Å²) in [5.74, 6) is -0.680. The van der Waals surface area contributed by atoms with Crippen molar-refractivity contribution in [3.8, 4) is 11.5 Å². The lowest BCUT2D eigenvalue weighted by Gasteiger charge is -2.24. The third-order valence-corrected chi connectivity index (χ3v) is 4.08. The molecule has 6 nitrogen and oxygen atoms in total. The van der Waals surface area contributed by atoms with E-state index in [9.17, 15) is 9.59 Å². The molecule has 30 heavy (non-hydrogen) atoms. The molecule has 0 radical (unpaired) electrons. The third-order valence-electron chi connectivity index (χ3n) is 4.08. The molecule has 0 bridgehead atoms. The molecule has 0 aliphatic heterocycles. The first-order valence-corrected chi connectivity index (χ1v) is 9.68. The molecule has 0 unspecified atom stereocenters. The second-order valence-corrected chi connectivity index (χ2v) is 7.19. The molecule has 2 rings (SSSR count). The van der Waals surface area contributed by atoms with Gasteiger partial charge in [-0.25, -0.2) is 0 Å². The maximum absolute atomic E-state index is 12.7. The molecule has 0 heterocycles. The first-order valence-electron chi connectivity index (χ1n) is 9.68. The van der Waals surface area contributed by atoms with E-state index in [0.29, 0.717) is 34.0 Å². The molecule has 2 amide bonds. The number of nitrogens with zero attached hydrogens (tertiary/aromatic N) is 1. The molecule has 2 aromatic rings. The number of hydrogen-bond donors (Lipinski definition) is 1. The van der Waals surface area contributed by atoms with E-state index in [1.807, 2.05) is 27.7 Å². The molecule has 0 aliphatic rings. The van der Waals surface area contributed by atoms with Gasteiger partial charge in [0.2, 0.25) is 0 Å². The van der Waals surface area contributed by atoms with Crippen molar-refractivity contribution in [3.63, 3.8) is 0 Å². The number of carbonyl (C=O) groups excluding carboxylic acids is 2. The minimum absolute atomic E-state index is 0.0263. The summed E-state index contributed by atoms with van der Waals surface area (Å²) in [6.45, 7) is 15.3. The van der Waals surface area contributed by atoms with Crippen molar-refractivity contribution in [2.24, 2.45) is 5.73 Å². The van der Waals surface area contributed by atoms with Crippen LogP contribution in [0.15, 0.2) is 49.6 Å². The van der Waals surface area contributed by atoms with Gasteiger partial charge in [0, 0.05) is 11.1 Å². The number of carbonyl (C=O) groups is 2. The Labute approximate surface area is 177 Å². The van der Waals surface area contributed by atoms with Crippen LogP contribution in [0.2, 0.25) is 0 Å². The number of benzene rings is 2. The number of anilines is 2. The molecule has 0 saturated carbocycles. The molecule has 158 valence electrons. The molecule has 0 fully saturated rings. The van der Waals surface area contributed by atoms with Gasteiger partial charge in [-0.15, -0.1) is 0 Å². The van der Waals surface area contributed by atoms with E-state index in [-0.39, 0.29) is 12.2 Å². The van der Waals surface area contributed by atoms with E-state index < -0.39 is 11.8 Å². The maximum atomic E-state index is 12.7. The Morgan fingerprint density at radius 1 is 0.867 bits per heavy atom. The summed E-state index contributed by atoms with van der Waals surface area (Å²) in [6.07, 6.45) is 3.20. The lowest BCUT2D eigenvalue weighted by Crippen LogP contribution is -2.37. The first-order chi connectivity index (χ1) is 14.2. The summed E-state index contributed by atoms with van der Waals surface area (Å²) < 4.78 is 11.6. The molecule has 2 aromatic carbocycles. The average molecular weight is 408 g/mol. The minimum atomic E-state index is -1.07. The van der Waals surface area contributed by atoms with Gasteiger partial charge in [0.15, 0.2) is 0 Å². The fraction of sp³-hybridized carbons (Fsp3) is 0.250. The van der Waals surface area contributed by atoms with Crippen molar-refractivity contribution >= 4 is 35.3 Å². The standard InChI is InChI=1S/C24H28N2O4/c1-7-17-13-19(9-11-21(17)29-15(3)4)26(24(28)23(25)27)20-10-12-22(30-16(5)6)18(8-2)14-20/h7-16H,1-2H2,3-6H3,(H2,25,27). The van der Waals surface area contributed by atoms with Crippen LogP contribution in [0.1, 0.15) is 38.8 Å². The van der Waals surface area contributed by atoms with Crippen LogP contribution in [0.5, 0.6) is 11.5 Å². The van der Waals surface area contributed by atoms with E-state index >= 15 is 0 Å². The predicted octanol–water partition coefficient (Wildman–Crippen LogP) is 4.70. The van der Waals surface area contributed by atoms with Crippen LogP contribution in [0.3, 0.4) is 0 Å². The molecular weight excluding hydrogens is 380 g/mol. The van der Waals surface area contributed by atoms with Crippen LogP contribution < -0.4 is 20.1 Å². The molecule has 0 saturated heterocycles. The SMILES string of the molecule is C=Cc1cc(N(C(=O)C(N)=O)c2ccc(OC(C)C)c(C=C)c2)ccc1OC(C)C. The monoisotopic (exact) mass is 408 g/mol. The van der Waals surface area contributed by atoms with E-state index in [1.165, 1.54) is 4.90 Å². The maximum Gasteiger partial charge on any atom is 0.320 e. The number of primary amides is 1. The molecule has 0 aliphatic carbocycles. The Morgan fingerprint density at radius 2 is 1.27 bits per heavy atom. The van der Waals surface area contributed by atoms with Crippen LogP contribution in [0.4, 0.5) is 11.4 Å². The second-order valence-electron chi connectivity index (χ2n) is 7.19. The molecule has 0 aromatic heterocycles. The largest absolute Gasteiger partial charge is 0.490 e. The smallest absolute Gasteiger partial charge is 0.320 e. The van der Waals surface area contributed by atoms with Gasteiger partial charge in [-0.3, -0.25) is 14.5 Å². The summed E-state index contributed by atoms with van der Waals surface area (Å²) in [4.78, 5) is 25.7. The van der Waals surface area contributed by atoms with Crippen molar-refractivity contribution in [1.29, 1.82) is 0 Å². The van der Waals surface area contributed by atoms with E-state index in [0.717, 1.165) is 0 Å². The highest BCUT2D eigenvalue weighted by molar-refractivity contribution is 6.41. The van der Waals surface area contributed by atoms with Gasteiger partial charge in [-0.2, -0.15) is 0 Å². The topological polar surface area (TPSA) is 81.9 Å². The van der Waals surface area contributed by atoms with Crippen LogP contribution in [-0.4, -0.2) is 24.0 Å². The summed E-state index contributed by atoms with van der Waals surface area (Å²) in [5.41, 5.74) is 7.61. The van der Waals surface area contributed by atoms with E-state index in [4.69, 9.17) is 15.2 Å². The lowest BCUT2D eigenvalue weighted by atomic mass is 10.1. The molecule has 2 N–H and O–H groups in total. The van der Waals surface area contributed by atoms with Crippen molar-refractivity contribution in [2.75, 3.05) is 4.90 Å². The summed E-state index contributed by atoms with van der Waals surface area (Å²) in [6, 6.07) is 10.3. The number of ether oxygens (including phenoxy) is 2. The first kappa shape index (κ1) is 22.7. The van der Waals surface area contributed by atoms with Gasteiger partial charge in [-0.1, -0.05) is 25.3 Å². The summed E-state index contributed by atoms with van der Waals surface area (Å²) in [7, 11) is 0. The molecule has 0 spiro atoms. The summed E-state index contributed by atoms with van der Waals surface area (Å²) >= 11 is 0. The van der Waals surface area contributed by atoms with Crippen LogP contribution in [0, 0.1) is 0 Å². The lowest BCUT2D eigenvalue weighted by molar-refractivity contribution is -0.135. The predicted molar refractivity (Wildman–Crippen MR) is 121 cm³/mol. The molecule has 6 heteroatoms. The summed E-state index contributed by atoms with van der Waals surface area (Å²) in [5, 5.41) is 0. The van der Waals surface area contributed by atoms with Crippen LogP contribution >= 0.6 is 0 Å². The highest BCUT2D eigenvalue weighted by Crippen LogP contribution is 2.34. The minimum Gasteiger partial charge on any atom is -0.490 e. The zero-order valence-corrected chi connectivity index (χ0v) is 17.8. The Morgan fingerprint density at radius 3 is 1.57 bits per heavy atom. The van der Waals surface area contributed by atoms with Gasteiger partial charge >= 0.3 is 11.8 Å². The Bertz CT molecular complexity index is 898. The Hall–Kier alpha value is -3.54. The van der Waals surface area contributed by atoms with Gasteiger partial charge in [0.25, 0.3) is 0 Å². The number of amides is 2. The quantitative estimate of drug-likeness (QED) is 0.642. The van der Waals surface area contributed by atoms with Crippen molar-refractivity contribution < 1.29 is 19.1 Å². The number of nitrogens with two attached hydrogens (primary N) is 1. The van der Waals surface area contributed by atoms with Crippen molar-refractivity contribution in [1.82, 2.24) is 0 Å². The molecule has 0 atom stereocenters. The Kier molecular flexibility index (Phi) is 7.42. The average Bonchev–Trinajstić information content (AvgIpc) is 2.69.